The van der Waals surface area contributed by atoms with Crippen LogP contribution < -0.4 is 11.1 Å². The van der Waals surface area contributed by atoms with Gasteiger partial charge in [0.25, 0.3) is 0 Å². The van der Waals surface area contributed by atoms with E-state index in [-0.39, 0.29) is 6.04 Å². The van der Waals surface area contributed by atoms with Gasteiger partial charge < -0.3 is 16.0 Å². The van der Waals surface area contributed by atoms with Gasteiger partial charge >= 0.3 is 0 Å². The summed E-state index contributed by atoms with van der Waals surface area (Å²) in [5.74, 6) is 0. The van der Waals surface area contributed by atoms with E-state index in [9.17, 15) is 0 Å². The van der Waals surface area contributed by atoms with Crippen molar-refractivity contribution >= 4 is 28.4 Å². The van der Waals surface area contributed by atoms with Crippen LogP contribution in [-0.2, 0) is 6.42 Å². The molecule has 2 aromatic carbocycles. The molecular formula is C22H19N5S. The first-order chi connectivity index (χ1) is 13.7. The zero-order valence-corrected chi connectivity index (χ0v) is 16.0. The van der Waals surface area contributed by atoms with E-state index in [1.807, 2.05) is 24.4 Å². The van der Waals surface area contributed by atoms with E-state index in [1.165, 1.54) is 11.1 Å². The van der Waals surface area contributed by atoms with Gasteiger partial charge in [-0.15, -0.1) is 0 Å². The fraction of sp³-hybridized carbons (Fsp3) is 0.136. The fourth-order valence-corrected chi connectivity index (χ4v) is 4.24. The molecule has 0 bridgehead atoms. The molecule has 2 aromatic heterocycles. The molecule has 138 valence electrons. The van der Waals surface area contributed by atoms with Crippen LogP contribution in [-0.4, -0.2) is 20.1 Å². The monoisotopic (exact) mass is 385 g/mol. The molecule has 6 heteroatoms. The minimum Gasteiger partial charge on any atom is -0.376 e. The zero-order chi connectivity index (χ0) is 19.1. The van der Waals surface area contributed by atoms with Crippen molar-refractivity contribution in [2.24, 2.45) is 5.73 Å². The first-order valence-corrected chi connectivity index (χ1v) is 9.68. The molecule has 0 radical (unpaired) electrons. The summed E-state index contributed by atoms with van der Waals surface area (Å²) in [6.07, 6.45) is 5.63. The molecule has 0 amide bonds. The number of nitrogens with one attached hydrogen (secondary N) is 2. The molecule has 28 heavy (non-hydrogen) atoms. The van der Waals surface area contributed by atoms with Crippen LogP contribution in [0.4, 0.5) is 0 Å². The van der Waals surface area contributed by atoms with E-state index in [1.54, 1.807) is 6.33 Å². The number of benzene rings is 2. The van der Waals surface area contributed by atoms with Gasteiger partial charge in [-0.05, 0) is 47.8 Å². The normalized spacial score (nSPS) is 15.5. The summed E-state index contributed by atoms with van der Waals surface area (Å²) in [7, 11) is 0. The zero-order valence-electron chi connectivity index (χ0n) is 15.1. The Kier molecular flexibility index (Phi) is 4.06. The Bertz CT molecular complexity index is 1180. The lowest BCUT2D eigenvalue weighted by molar-refractivity contribution is 0.642. The molecule has 2 heterocycles. The molecule has 0 spiro atoms. The summed E-state index contributed by atoms with van der Waals surface area (Å²) in [4.78, 5) is 12.4. The van der Waals surface area contributed by atoms with E-state index in [2.05, 4.69) is 50.6 Å². The molecule has 4 aromatic rings. The summed E-state index contributed by atoms with van der Waals surface area (Å²) < 4.78 is 0. The maximum Gasteiger partial charge on any atom is 0.164 e. The third-order valence-corrected chi connectivity index (χ3v) is 5.49. The van der Waals surface area contributed by atoms with Gasteiger partial charge in [0, 0.05) is 17.3 Å². The van der Waals surface area contributed by atoms with Crippen molar-refractivity contribution in [2.45, 2.75) is 18.9 Å². The van der Waals surface area contributed by atoms with Crippen molar-refractivity contribution in [3.8, 4) is 22.4 Å². The summed E-state index contributed by atoms with van der Waals surface area (Å²) in [5.41, 5.74) is 13.4. The third kappa shape index (κ3) is 2.82. The molecule has 0 aliphatic heterocycles. The molecule has 0 unspecified atom stereocenters. The highest BCUT2D eigenvalue weighted by Crippen LogP contribution is 2.38. The lowest BCUT2D eigenvalue weighted by Crippen LogP contribution is -2.31. The lowest BCUT2D eigenvalue weighted by Gasteiger charge is -2.15. The van der Waals surface area contributed by atoms with Gasteiger partial charge in [-0.3, -0.25) is 0 Å². The van der Waals surface area contributed by atoms with E-state index in [0.717, 1.165) is 46.3 Å². The number of nitrogens with two attached hydrogens (primary N) is 1. The molecule has 1 aliphatic carbocycles. The number of hydrogen-bond donors (Lipinski definition) is 3. The third-order valence-electron chi connectivity index (χ3n) is 5.37. The summed E-state index contributed by atoms with van der Waals surface area (Å²) >= 11 is 5.05. The Morgan fingerprint density at radius 1 is 1.11 bits per heavy atom. The Morgan fingerprint density at radius 2 is 1.96 bits per heavy atom. The minimum absolute atomic E-state index is 0.157. The number of aromatic nitrogens is 3. The highest BCUT2D eigenvalue weighted by molar-refractivity contribution is 7.80. The number of aromatic amines is 1. The Hall–Kier alpha value is -3.25. The van der Waals surface area contributed by atoms with Crippen molar-refractivity contribution in [1.82, 2.24) is 20.3 Å². The van der Waals surface area contributed by atoms with E-state index in [4.69, 9.17) is 18.0 Å². The fourth-order valence-electron chi connectivity index (χ4n) is 4.10. The highest BCUT2D eigenvalue weighted by Gasteiger charge is 2.24. The Balaban J connectivity index is 1.67. The maximum absolute atomic E-state index is 5.72. The van der Waals surface area contributed by atoms with Crippen LogP contribution in [0.3, 0.4) is 0 Å². The second-order valence-corrected chi connectivity index (χ2v) is 7.47. The van der Waals surface area contributed by atoms with Crippen molar-refractivity contribution in [2.75, 3.05) is 0 Å². The van der Waals surface area contributed by atoms with Gasteiger partial charge in [0.1, 0.15) is 12.0 Å². The van der Waals surface area contributed by atoms with Gasteiger partial charge in [0.15, 0.2) is 5.11 Å². The average molecular weight is 385 g/mol. The number of fused-ring (bicyclic) bond motifs is 2. The summed E-state index contributed by atoms with van der Waals surface area (Å²) in [6, 6.07) is 17.0. The van der Waals surface area contributed by atoms with Gasteiger partial charge in [-0.2, -0.15) is 0 Å². The number of hydrogen-bond acceptors (Lipinski definition) is 3. The molecule has 5 nitrogen and oxygen atoms in total. The van der Waals surface area contributed by atoms with E-state index >= 15 is 0 Å². The largest absolute Gasteiger partial charge is 0.376 e. The number of aryl methyl sites for hydroxylation is 1. The van der Waals surface area contributed by atoms with Gasteiger partial charge in [0.2, 0.25) is 0 Å². The van der Waals surface area contributed by atoms with Crippen molar-refractivity contribution in [3.05, 3.63) is 72.2 Å². The van der Waals surface area contributed by atoms with Crippen LogP contribution in [0.5, 0.6) is 0 Å². The van der Waals surface area contributed by atoms with Gasteiger partial charge in [-0.1, -0.05) is 42.5 Å². The molecule has 4 N–H and O–H groups in total. The Labute approximate surface area is 168 Å². The molecule has 0 saturated heterocycles. The maximum atomic E-state index is 5.72. The van der Waals surface area contributed by atoms with Crippen LogP contribution in [0, 0.1) is 0 Å². The molecule has 1 atom stereocenters. The van der Waals surface area contributed by atoms with E-state index < -0.39 is 0 Å². The summed E-state index contributed by atoms with van der Waals surface area (Å²) in [5, 5.41) is 4.59. The van der Waals surface area contributed by atoms with E-state index in [0.29, 0.717) is 5.11 Å². The number of nitrogens with zero attached hydrogens (tertiary/aromatic N) is 2. The number of thiocarbonyl (C=S) groups is 1. The number of H-pyrrole nitrogens is 1. The van der Waals surface area contributed by atoms with Crippen LogP contribution in [0.2, 0.25) is 0 Å². The van der Waals surface area contributed by atoms with Crippen LogP contribution >= 0.6 is 12.2 Å². The van der Waals surface area contributed by atoms with Crippen LogP contribution in [0.1, 0.15) is 23.6 Å². The molecule has 1 aliphatic rings. The SMILES string of the molecule is NC(=S)N[C@H]1CCc2ccc(-c3ncnc4[nH]cc(-c5ccccc5)c34)cc21. The second kappa shape index (κ2) is 6.73. The smallest absolute Gasteiger partial charge is 0.164 e. The molecule has 0 saturated carbocycles. The summed E-state index contributed by atoms with van der Waals surface area (Å²) in [6.45, 7) is 0. The van der Waals surface area contributed by atoms with Crippen molar-refractivity contribution in [3.63, 3.8) is 0 Å². The van der Waals surface area contributed by atoms with Crippen LogP contribution in [0.25, 0.3) is 33.4 Å². The second-order valence-electron chi connectivity index (χ2n) is 7.03. The van der Waals surface area contributed by atoms with Gasteiger partial charge in [0.05, 0.1) is 17.1 Å². The van der Waals surface area contributed by atoms with Crippen LogP contribution in [0.15, 0.2) is 61.1 Å². The highest BCUT2D eigenvalue weighted by atomic mass is 32.1. The minimum atomic E-state index is 0.157. The standard InChI is InChI=1S/C22H19N5S/c23-22(28)27-18-9-8-14-6-7-15(10-16(14)18)20-19-17(13-4-2-1-3-5-13)11-24-21(19)26-12-25-20/h1-7,10-12,18H,8-9H2,(H3,23,27,28)(H,24,25,26)/t18-/m0/s1. The first-order valence-electron chi connectivity index (χ1n) is 9.27. The Morgan fingerprint density at radius 3 is 2.79 bits per heavy atom. The van der Waals surface area contributed by atoms with Gasteiger partial charge in [-0.25, -0.2) is 9.97 Å². The number of rotatable bonds is 3. The van der Waals surface area contributed by atoms with Crippen molar-refractivity contribution in [1.29, 1.82) is 0 Å². The van der Waals surface area contributed by atoms with Crippen molar-refractivity contribution < 1.29 is 0 Å². The molecule has 5 rings (SSSR count). The molecule has 0 fully saturated rings. The first kappa shape index (κ1) is 16.9. The lowest BCUT2D eigenvalue weighted by atomic mass is 9.98. The molecular weight excluding hydrogens is 366 g/mol. The topological polar surface area (TPSA) is 79.6 Å². The predicted molar refractivity (Wildman–Crippen MR) is 116 cm³/mol. The average Bonchev–Trinajstić information content (AvgIpc) is 3.32. The quantitative estimate of drug-likeness (QED) is 0.463. The predicted octanol–water partition coefficient (Wildman–Crippen LogP) is 4.11.